The molecule has 2 amide bonds. The monoisotopic (exact) mass is 374 g/mol. The Labute approximate surface area is 163 Å². The van der Waals surface area contributed by atoms with Gasteiger partial charge in [0, 0.05) is 51.7 Å². The van der Waals surface area contributed by atoms with E-state index in [9.17, 15) is 4.79 Å². The Morgan fingerprint density at radius 3 is 2.70 bits per heavy atom. The molecule has 6 nitrogen and oxygen atoms in total. The van der Waals surface area contributed by atoms with E-state index >= 15 is 0 Å². The van der Waals surface area contributed by atoms with Gasteiger partial charge >= 0.3 is 6.03 Å². The minimum Gasteiger partial charge on any atom is -0.378 e. The molecule has 1 aromatic rings. The summed E-state index contributed by atoms with van der Waals surface area (Å²) < 4.78 is 6.04. The first-order valence-corrected chi connectivity index (χ1v) is 10.2. The highest BCUT2D eigenvalue weighted by Crippen LogP contribution is 2.23. The molecule has 2 aliphatic rings. The maximum atomic E-state index is 12.9. The minimum atomic E-state index is -0.0249. The highest BCUT2D eigenvalue weighted by atomic mass is 16.5. The number of carbonyl (C=O) groups excluding carboxylic acids is 1. The van der Waals surface area contributed by atoms with Crippen LogP contribution in [0.25, 0.3) is 0 Å². The first-order chi connectivity index (χ1) is 13.0. The molecule has 0 saturated carbocycles. The van der Waals surface area contributed by atoms with Gasteiger partial charge in [-0.05, 0) is 57.0 Å². The topological polar surface area (TPSA) is 48.1 Å². The first-order valence-electron chi connectivity index (χ1n) is 10.2. The number of piperidine rings is 1. The third kappa shape index (κ3) is 5.59. The fraction of sp³-hybridized carbons (Fsp3) is 0.667. The second-order valence-corrected chi connectivity index (χ2v) is 7.98. The standard InChI is InChI=1S/C21H34N4O2/c1-17-8-9-18(23(2)3)14-20(17)22-21(26)25-12-7-13-27-19(16-25)15-24-10-5-4-6-11-24/h8-9,14,19H,4-7,10-13,15-16H2,1-3H3,(H,22,26)/t19-/m0/s1. The Kier molecular flexibility index (Phi) is 6.96. The number of ether oxygens (including phenoxy) is 1. The fourth-order valence-electron chi connectivity index (χ4n) is 3.84. The lowest BCUT2D eigenvalue weighted by molar-refractivity contribution is 0.0261. The van der Waals surface area contributed by atoms with E-state index in [1.54, 1.807) is 0 Å². The third-order valence-electron chi connectivity index (χ3n) is 5.53. The summed E-state index contributed by atoms with van der Waals surface area (Å²) in [6, 6.07) is 6.13. The highest BCUT2D eigenvalue weighted by molar-refractivity contribution is 5.91. The summed E-state index contributed by atoms with van der Waals surface area (Å²) in [4.78, 5) is 19.4. The predicted octanol–water partition coefficient (Wildman–Crippen LogP) is 3.17. The van der Waals surface area contributed by atoms with Crippen LogP contribution in [0.2, 0.25) is 0 Å². The minimum absolute atomic E-state index is 0.0249. The van der Waals surface area contributed by atoms with Crippen molar-refractivity contribution >= 4 is 17.4 Å². The molecule has 6 heteroatoms. The molecule has 0 aliphatic carbocycles. The zero-order chi connectivity index (χ0) is 19.2. The number of anilines is 2. The Balaban J connectivity index is 1.62. The van der Waals surface area contributed by atoms with Crippen LogP contribution < -0.4 is 10.2 Å². The van der Waals surface area contributed by atoms with Gasteiger partial charge in [0.25, 0.3) is 0 Å². The molecule has 2 heterocycles. The quantitative estimate of drug-likeness (QED) is 0.879. The molecule has 150 valence electrons. The molecule has 1 aromatic carbocycles. The number of benzene rings is 1. The van der Waals surface area contributed by atoms with E-state index in [0.717, 1.165) is 56.1 Å². The average molecular weight is 375 g/mol. The highest BCUT2D eigenvalue weighted by Gasteiger charge is 2.25. The molecule has 0 radical (unpaired) electrons. The van der Waals surface area contributed by atoms with Gasteiger partial charge in [0.15, 0.2) is 0 Å². The molecule has 0 bridgehead atoms. The maximum absolute atomic E-state index is 12.9. The number of urea groups is 1. The summed E-state index contributed by atoms with van der Waals surface area (Å²) in [5, 5.41) is 3.12. The van der Waals surface area contributed by atoms with Crippen molar-refractivity contribution in [2.45, 2.75) is 38.7 Å². The molecule has 0 spiro atoms. The van der Waals surface area contributed by atoms with Gasteiger partial charge in [-0.25, -0.2) is 4.79 Å². The van der Waals surface area contributed by atoms with E-state index < -0.39 is 0 Å². The Morgan fingerprint density at radius 1 is 1.19 bits per heavy atom. The predicted molar refractivity (Wildman–Crippen MR) is 111 cm³/mol. The Morgan fingerprint density at radius 2 is 1.96 bits per heavy atom. The molecular weight excluding hydrogens is 340 g/mol. The van der Waals surface area contributed by atoms with Crippen LogP contribution in [0.3, 0.4) is 0 Å². The van der Waals surface area contributed by atoms with Crippen LogP contribution >= 0.6 is 0 Å². The first kappa shape index (κ1) is 20.0. The van der Waals surface area contributed by atoms with E-state index in [4.69, 9.17) is 4.74 Å². The maximum Gasteiger partial charge on any atom is 0.321 e. The van der Waals surface area contributed by atoms with E-state index in [0.29, 0.717) is 6.54 Å². The van der Waals surface area contributed by atoms with Gasteiger partial charge in [0.05, 0.1) is 6.10 Å². The molecule has 2 aliphatic heterocycles. The van der Waals surface area contributed by atoms with Crippen molar-refractivity contribution in [2.75, 3.05) is 63.6 Å². The van der Waals surface area contributed by atoms with Crippen molar-refractivity contribution in [1.82, 2.24) is 9.80 Å². The van der Waals surface area contributed by atoms with Gasteiger partial charge < -0.3 is 24.8 Å². The zero-order valence-corrected chi connectivity index (χ0v) is 17.0. The van der Waals surface area contributed by atoms with E-state index in [1.165, 1.54) is 19.3 Å². The third-order valence-corrected chi connectivity index (χ3v) is 5.53. The lowest BCUT2D eigenvalue weighted by Crippen LogP contribution is -2.45. The smallest absolute Gasteiger partial charge is 0.321 e. The second-order valence-electron chi connectivity index (χ2n) is 7.98. The molecular formula is C21H34N4O2. The summed E-state index contributed by atoms with van der Waals surface area (Å²) in [6.07, 6.45) is 4.88. The van der Waals surface area contributed by atoms with Gasteiger partial charge in [0.2, 0.25) is 0 Å². The molecule has 27 heavy (non-hydrogen) atoms. The van der Waals surface area contributed by atoms with Crippen LogP contribution in [-0.2, 0) is 4.74 Å². The fourth-order valence-corrected chi connectivity index (χ4v) is 3.84. The number of rotatable bonds is 4. The Hall–Kier alpha value is -1.79. The van der Waals surface area contributed by atoms with Crippen LogP contribution in [0.5, 0.6) is 0 Å². The number of nitrogens with zero attached hydrogens (tertiary/aromatic N) is 3. The molecule has 2 saturated heterocycles. The van der Waals surface area contributed by atoms with Crippen LogP contribution in [0.4, 0.5) is 16.2 Å². The number of carbonyl (C=O) groups is 1. The van der Waals surface area contributed by atoms with Crippen LogP contribution in [-0.4, -0.2) is 75.4 Å². The summed E-state index contributed by atoms with van der Waals surface area (Å²) >= 11 is 0. The van der Waals surface area contributed by atoms with Crippen molar-refractivity contribution in [3.63, 3.8) is 0 Å². The number of hydrogen-bond donors (Lipinski definition) is 1. The molecule has 0 aromatic heterocycles. The van der Waals surface area contributed by atoms with Crippen LogP contribution in [0.1, 0.15) is 31.2 Å². The molecule has 2 fully saturated rings. The lowest BCUT2D eigenvalue weighted by Gasteiger charge is -2.31. The summed E-state index contributed by atoms with van der Waals surface area (Å²) in [6.45, 7) is 7.41. The van der Waals surface area contributed by atoms with Gasteiger partial charge in [-0.3, -0.25) is 0 Å². The van der Waals surface area contributed by atoms with Crippen molar-refractivity contribution in [3.8, 4) is 0 Å². The van der Waals surface area contributed by atoms with Crippen molar-refractivity contribution < 1.29 is 9.53 Å². The molecule has 1 atom stereocenters. The number of amides is 2. The van der Waals surface area contributed by atoms with E-state index in [-0.39, 0.29) is 12.1 Å². The normalized spacial score (nSPS) is 21.6. The number of aryl methyl sites for hydroxylation is 1. The van der Waals surface area contributed by atoms with Crippen LogP contribution in [0, 0.1) is 6.92 Å². The summed E-state index contributed by atoms with van der Waals surface area (Å²) in [5.74, 6) is 0. The SMILES string of the molecule is Cc1ccc(N(C)C)cc1NC(=O)N1CCCO[C@@H](CN2CCCCC2)C1. The van der Waals surface area contributed by atoms with Crippen molar-refractivity contribution in [2.24, 2.45) is 0 Å². The largest absolute Gasteiger partial charge is 0.378 e. The van der Waals surface area contributed by atoms with Crippen molar-refractivity contribution in [1.29, 1.82) is 0 Å². The Bertz CT molecular complexity index is 629. The van der Waals surface area contributed by atoms with Gasteiger partial charge in [0.1, 0.15) is 0 Å². The van der Waals surface area contributed by atoms with Crippen molar-refractivity contribution in [3.05, 3.63) is 23.8 Å². The van der Waals surface area contributed by atoms with Gasteiger partial charge in [-0.15, -0.1) is 0 Å². The average Bonchev–Trinajstić information content (AvgIpc) is 2.90. The van der Waals surface area contributed by atoms with Crippen LogP contribution in [0.15, 0.2) is 18.2 Å². The number of nitrogens with one attached hydrogen (secondary N) is 1. The summed E-state index contributed by atoms with van der Waals surface area (Å²) in [5.41, 5.74) is 3.03. The van der Waals surface area contributed by atoms with E-state index in [1.807, 2.05) is 36.9 Å². The number of hydrogen-bond acceptors (Lipinski definition) is 4. The summed E-state index contributed by atoms with van der Waals surface area (Å²) in [7, 11) is 4.02. The lowest BCUT2D eigenvalue weighted by atomic mass is 10.1. The van der Waals surface area contributed by atoms with Gasteiger partial charge in [-0.2, -0.15) is 0 Å². The molecule has 0 unspecified atom stereocenters. The van der Waals surface area contributed by atoms with E-state index in [2.05, 4.69) is 22.3 Å². The molecule has 3 rings (SSSR count). The zero-order valence-electron chi connectivity index (χ0n) is 17.0. The van der Waals surface area contributed by atoms with Gasteiger partial charge in [-0.1, -0.05) is 12.5 Å². The molecule has 1 N–H and O–H groups in total. The number of likely N-dealkylation sites (tertiary alicyclic amines) is 1. The second kappa shape index (κ2) is 9.42.